The third-order valence-electron chi connectivity index (χ3n) is 3.39. The predicted molar refractivity (Wildman–Crippen MR) is 54.2 cm³/mol. The molecule has 0 aromatic carbocycles. The number of nitrogens with one attached hydrogen (secondary N) is 1. The summed E-state index contributed by atoms with van der Waals surface area (Å²) in [6, 6.07) is 0. The first-order valence-corrected chi connectivity index (χ1v) is 5.38. The van der Waals surface area contributed by atoms with Crippen LogP contribution in [-0.4, -0.2) is 13.6 Å². The van der Waals surface area contributed by atoms with Gasteiger partial charge in [-0.3, -0.25) is 0 Å². The van der Waals surface area contributed by atoms with Crippen molar-refractivity contribution in [2.24, 2.45) is 17.8 Å². The lowest BCUT2D eigenvalue weighted by Crippen LogP contribution is -2.26. The van der Waals surface area contributed by atoms with E-state index in [1.807, 2.05) is 0 Å². The van der Waals surface area contributed by atoms with Gasteiger partial charge in [-0.15, -0.1) is 0 Å². The molecule has 0 radical (unpaired) electrons. The molecule has 1 atom stereocenters. The van der Waals surface area contributed by atoms with Crippen LogP contribution in [0.5, 0.6) is 0 Å². The first-order chi connectivity index (χ1) is 5.74. The van der Waals surface area contributed by atoms with Crippen LogP contribution >= 0.6 is 0 Å². The lowest BCUT2D eigenvalue weighted by molar-refractivity contribution is 0.221. The van der Waals surface area contributed by atoms with Crippen LogP contribution in [0.25, 0.3) is 0 Å². The highest BCUT2D eigenvalue weighted by Crippen LogP contribution is 2.32. The van der Waals surface area contributed by atoms with Gasteiger partial charge in [0.2, 0.25) is 0 Å². The zero-order valence-electron chi connectivity index (χ0n) is 8.77. The molecular weight excluding hydrogens is 146 g/mol. The highest BCUT2D eigenvalue weighted by molar-refractivity contribution is 4.74. The second-order valence-corrected chi connectivity index (χ2v) is 4.55. The van der Waals surface area contributed by atoms with Gasteiger partial charge in [-0.2, -0.15) is 0 Å². The molecule has 0 saturated heterocycles. The third-order valence-corrected chi connectivity index (χ3v) is 3.39. The summed E-state index contributed by atoms with van der Waals surface area (Å²) >= 11 is 0. The van der Waals surface area contributed by atoms with Crippen LogP contribution in [0.4, 0.5) is 0 Å². The summed E-state index contributed by atoms with van der Waals surface area (Å²) in [6.07, 6.45) is 5.84. The third kappa shape index (κ3) is 2.78. The molecule has 1 aliphatic rings. The van der Waals surface area contributed by atoms with Crippen molar-refractivity contribution in [1.29, 1.82) is 0 Å². The lowest BCUT2D eigenvalue weighted by Gasteiger charge is -2.30. The Balaban J connectivity index is 2.24. The van der Waals surface area contributed by atoms with Crippen molar-refractivity contribution in [2.45, 2.75) is 39.5 Å². The molecule has 0 aliphatic heterocycles. The Hall–Kier alpha value is -0.0400. The van der Waals surface area contributed by atoms with Gasteiger partial charge in [0, 0.05) is 0 Å². The average Bonchev–Trinajstić information content (AvgIpc) is 2.06. The van der Waals surface area contributed by atoms with E-state index in [9.17, 15) is 0 Å². The van der Waals surface area contributed by atoms with Gasteiger partial charge < -0.3 is 5.32 Å². The molecule has 1 aliphatic carbocycles. The van der Waals surface area contributed by atoms with Crippen LogP contribution in [-0.2, 0) is 0 Å². The van der Waals surface area contributed by atoms with Crippen molar-refractivity contribution >= 4 is 0 Å². The van der Waals surface area contributed by atoms with Gasteiger partial charge in [0.1, 0.15) is 0 Å². The van der Waals surface area contributed by atoms with E-state index < -0.39 is 0 Å². The monoisotopic (exact) mass is 169 g/mol. The molecule has 1 fully saturated rings. The molecule has 0 unspecified atom stereocenters. The number of rotatable bonds is 3. The Kier molecular flexibility index (Phi) is 4.07. The highest BCUT2D eigenvalue weighted by atomic mass is 14.8. The van der Waals surface area contributed by atoms with E-state index in [1.54, 1.807) is 0 Å². The maximum Gasteiger partial charge on any atom is -0.00235 e. The van der Waals surface area contributed by atoms with E-state index in [0.717, 1.165) is 17.8 Å². The van der Waals surface area contributed by atoms with Gasteiger partial charge in [-0.25, -0.2) is 0 Å². The molecule has 72 valence electrons. The fourth-order valence-electron chi connectivity index (χ4n) is 2.34. The highest BCUT2D eigenvalue weighted by Gasteiger charge is 2.22. The van der Waals surface area contributed by atoms with E-state index in [2.05, 4.69) is 26.2 Å². The molecule has 0 amide bonds. The van der Waals surface area contributed by atoms with Crippen LogP contribution in [0.3, 0.4) is 0 Å². The number of hydrogen-bond acceptors (Lipinski definition) is 1. The maximum absolute atomic E-state index is 3.28. The SMILES string of the molecule is CNC[C@H](C)C1CCC(C)CC1. The molecule has 1 rings (SSSR count). The lowest BCUT2D eigenvalue weighted by atomic mass is 9.77. The van der Waals surface area contributed by atoms with Crippen molar-refractivity contribution in [1.82, 2.24) is 5.32 Å². The molecule has 0 aromatic heterocycles. The Morgan fingerprint density at radius 1 is 1.25 bits per heavy atom. The summed E-state index contributed by atoms with van der Waals surface area (Å²) in [6.45, 7) is 5.97. The van der Waals surface area contributed by atoms with E-state index >= 15 is 0 Å². The molecular formula is C11H23N. The van der Waals surface area contributed by atoms with Gasteiger partial charge in [0.05, 0.1) is 0 Å². The zero-order valence-corrected chi connectivity index (χ0v) is 8.77. The molecule has 0 aromatic rings. The summed E-state index contributed by atoms with van der Waals surface area (Å²) in [5.41, 5.74) is 0. The predicted octanol–water partition coefficient (Wildman–Crippen LogP) is 2.67. The zero-order chi connectivity index (χ0) is 8.97. The van der Waals surface area contributed by atoms with Gasteiger partial charge >= 0.3 is 0 Å². The van der Waals surface area contributed by atoms with Crippen molar-refractivity contribution in [3.8, 4) is 0 Å². The van der Waals surface area contributed by atoms with Crippen LogP contribution in [0.1, 0.15) is 39.5 Å². The van der Waals surface area contributed by atoms with Crippen molar-refractivity contribution < 1.29 is 0 Å². The first kappa shape index (κ1) is 10.0. The maximum atomic E-state index is 3.28. The Morgan fingerprint density at radius 2 is 1.83 bits per heavy atom. The van der Waals surface area contributed by atoms with E-state index in [0.29, 0.717) is 0 Å². The van der Waals surface area contributed by atoms with Gasteiger partial charge in [0.15, 0.2) is 0 Å². The van der Waals surface area contributed by atoms with Crippen LogP contribution in [0.15, 0.2) is 0 Å². The fourth-order valence-corrected chi connectivity index (χ4v) is 2.34. The molecule has 0 bridgehead atoms. The summed E-state index contributed by atoms with van der Waals surface area (Å²) < 4.78 is 0. The second-order valence-electron chi connectivity index (χ2n) is 4.55. The van der Waals surface area contributed by atoms with Gasteiger partial charge in [-0.05, 0) is 44.2 Å². The molecule has 1 saturated carbocycles. The summed E-state index contributed by atoms with van der Waals surface area (Å²) in [5, 5.41) is 3.28. The normalized spacial score (nSPS) is 33.2. The summed E-state index contributed by atoms with van der Waals surface area (Å²) in [7, 11) is 2.06. The van der Waals surface area contributed by atoms with E-state index in [4.69, 9.17) is 0 Å². The Morgan fingerprint density at radius 3 is 2.33 bits per heavy atom. The summed E-state index contributed by atoms with van der Waals surface area (Å²) in [5.74, 6) is 2.86. The molecule has 1 N–H and O–H groups in total. The van der Waals surface area contributed by atoms with E-state index in [-0.39, 0.29) is 0 Å². The fraction of sp³-hybridized carbons (Fsp3) is 1.00. The number of hydrogen-bond donors (Lipinski definition) is 1. The Bertz CT molecular complexity index is 114. The van der Waals surface area contributed by atoms with Crippen LogP contribution < -0.4 is 5.32 Å². The van der Waals surface area contributed by atoms with E-state index in [1.165, 1.54) is 32.2 Å². The minimum absolute atomic E-state index is 0.877. The standard InChI is InChI=1S/C11H23N/c1-9-4-6-11(7-5-9)10(2)8-12-3/h9-12H,4-8H2,1-3H3/t9?,10-,11?/m0/s1. The second kappa shape index (κ2) is 4.86. The topological polar surface area (TPSA) is 12.0 Å². The largest absolute Gasteiger partial charge is 0.319 e. The van der Waals surface area contributed by atoms with Gasteiger partial charge in [0.25, 0.3) is 0 Å². The first-order valence-electron chi connectivity index (χ1n) is 5.38. The average molecular weight is 169 g/mol. The quantitative estimate of drug-likeness (QED) is 0.685. The Labute approximate surface area is 76.9 Å². The van der Waals surface area contributed by atoms with Crippen LogP contribution in [0, 0.1) is 17.8 Å². The molecule has 0 spiro atoms. The van der Waals surface area contributed by atoms with Crippen molar-refractivity contribution in [3.63, 3.8) is 0 Å². The molecule has 12 heavy (non-hydrogen) atoms. The molecule has 1 nitrogen and oxygen atoms in total. The minimum Gasteiger partial charge on any atom is -0.319 e. The minimum atomic E-state index is 0.877. The molecule has 0 heterocycles. The van der Waals surface area contributed by atoms with Crippen LogP contribution in [0.2, 0.25) is 0 Å². The summed E-state index contributed by atoms with van der Waals surface area (Å²) in [4.78, 5) is 0. The van der Waals surface area contributed by atoms with Crippen molar-refractivity contribution in [2.75, 3.05) is 13.6 Å². The smallest absolute Gasteiger partial charge is 0.00235 e. The van der Waals surface area contributed by atoms with Crippen molar-refractivity contribution in [3.05, 3.63) is 0 Å². The molecule has 1 heteroatoms. The van der Waals surface area contributed by atoms with Gasteiger partial charge in [-0.1, -0.05) is 26.7 Å².